The van der Waals surface area contributed by atoms with Crippen LogP contribution in [0.15, 0.2) is 77.7 Å². The van der Waals surface area contributed by atoms with Crippen LogP contribution in [0.2, 0.25) is 0 Å². The van der Waals surface area contributed by atoms with Gasteiger partial charge in [-0.3, -0.25) is 9.52 Å². The quantitative estimate of drug-likeness (QED) is 0.621. The first-order chi connectivity index (χ1) is 15.0. The summed E-state index contributed by atoms with van der Waals surface area (Å²) in [5.41, 5.74) is 3.33. The van der Waals surface area contributed by atoms with E-state index in [0.29, 0.717) is 28.8 Å². The van der Waals surface area contributed by atoms with Crippen LogP contribution in [0.5, 0.6) is 5.75 Å². The third-order valence-corrected chi connectivity index (χ3v) is 7.46. The third-order valence-electron chi connectivity index (χ3n) is 6.09. The lowest BCUT2D eigenvalue weighted by Crippen LogP contribution is -2.29. The number of nitrogens with one attached hydrogen (secondary N) is 2. The second-order valence-corrected chi connectivity index (χ2v) is 9.61. The van der Waals surface area contributed by atoms with Crippen LogP contribution in [0, 0.1) is 5.92 Å². The smallest absolute Gasteiger partial charge is 0.262 e. The summed E-state index contributed by atoms with van der Waals surface area (Å²) in [4.78, 5) is 12.9. The number of sulfonamides is 1. The maximum absolute atomic E-state index is 12.9. The van der Waals surface area contributed by atoms with Crippen LogP contribution in [0.1, 0.15) is 27.4 Å². The van der Waals surface area contributed by atoms with E-state index in [0.717, 1.165) is 6.42 Å². The Morgan fingerprint density at radius 3 is 2.61 bits per heavy atom. The first-order valence-electron chi connectivity index (χ1n) is 10.1. The molecule has 3 unspecified atom stereocenters. The molecule has 6 nitrogen and oxygen atoms in total. The molecule has 1 fully saturated rings. The Balaban J connectivity index is 1.32. The van der Waals surface area contributed by atoms with E-state index in [1.165, 1.54) is 30.4 Å². The van der Waals surface area contributed by atoms with Crippen LogP contribution in [0.3, 0.4) is 0 Å². The van der Waals surface area contributed by atoms with E-state index in [-0.39, 0.29) is 16.8 Å². The van der Waals surface area contributed by atoms with Gasteiger partial charge in [-0.15, -0.1) is 0 Å². The summed E-state index contributed by atoms with van der Waals surface area (Å²) in [7, 11) is -2.40. The van der Waals surface area contributed by atoms with Gasteiger partial charge < -0.3 is 10.1 Å². The standard InChI is InChI=1S/C24H22N2O4S/c1-30-21-12-5-4-11-20(21)26-31(28,29)17-9-6-8-16(13-17)24(27)25-23-19-14-15-7-2-3-10-18(15)22(19)23/h2-13,19,22-23,26H,14H2,1H3,(H,25,27). The lowest BCUT2D eigenvalue weighted by atomic mass is 10.0. The fourth-order valence-corrected chi connectivity index (χ4v) is 5.64. The molecule has 0 aromatic heterocycles. The molecule has 0 aliphatic heterocycles. The van der Waals surface area contributed by atoms with Crippen molar-refractivity contribution in [3.05, 3.63) is 89.5 Å². The molecule has 0 radical (unpaired) electrons. The SMILES string of the molecule is COc1ccccc1NS(=O)(=O)c1cccc(C(=O)NC2C3Cc4ccccc4C32)c1. The molecule has 0 bridgehead atoms. The van der Waals surface area contributed by atoms with Crippen LogP contribution >= 0.6 is 0 Å². The molecule has 0 saturated heterocycles. The molecule has 0 spiro atoms. The van der Waals surface area contributed by atoms with Gasteiger partial charge in [-0.25, -0.2) is 8.42 Å². The van der Waals surface area contributed by atoms with Gasteiger partial charge in [-0.05, 0) is 53.8 Å². The molecule has 7 heteroatoms. The summed E-state index contributed by atoms with van der Waals surface area (Å²) < 4.78 is 33.5. The van der Waals surface area contributed by atoms with E-state index < -0.39 is 10.0 Å². The van der Waals surface area contributed by atoms with Crippen molar-refractivity contribution < 1.29 is 17.9 Å². The molecule has 5 rings (SSSR count). The monoisotopic (exact) mass is 434 g/mol. The van der Waals surface area contributed by atoms with Gasteiger partial charge in [0.2, 0.25) is 0 Å². The van der Waals surface area contributed by atoms with Gasteiger partial charge in [-0.2, -0.15) is 0 Å². The number of fused-ring (bicyclic) bond motifs is 3. The zero-order valence-corrected chi connectivity index (χ0v) is 17.7. The van der Waals surface area contributed by atoms with Crippen molar-refractivity contribution in [1.29, 1.82) is 0 Å². The molecule has 0 heterocycles. The molecule has 31 heavy (non-hydrogen) atoms. The fraction of sp³-hybridized carbons (Fsp3) is 0.208. The van der Waals surface area contributed by atoms with Crippen molar-refractivity contribution >= 4 is 21.6 Å². The molecule has 2 aliphatic rings. The number of anilines is 1. The second-order valence-electron chi connectivity index (χ2n) is 7.93. The highest BCUT2D eigenvalue weighted by molar-refractivity contribution is 7.92. The predicted octanol–water partition coefficient (Wildman–Crippen LogP) is 3.56. The second kappa shape index (κ2) is 7.42. The van der Waals surface area contributed by atoms with Gasteiger partial charge >= 0.3 is 0 Å². The zero-order valence-electron chi connectivity index (χ0n) is 16.9. The Kier molecular flexibility index (Phi) is 4.70. The molecule has 1 saturated carbocycles. The van der Waals surface area contributed by atoms with Gasteiger partial charge in [0.05, 0.1) is 17.7 Å². The van der Waals surface area contributed by atoms with Crippen molar-refractivity contribution in [3.63, 3.8) is 0 Å². The van der Waals surface area contributed by atoms with Crippen molar-refractivity contribution in [2.24, 2.45) is 5.92 Å². The van der Waals surface area contributed by atoms with Crippen molar-refractivity contribution in [2.45, 2.75) is 23.3 Å². The Morgan fingerprint density at radius 1 is 1.00 bits per heavy atom. The van der Waals surface area contributed by atoms with E-state index in [1.807, 2.05) is 12.1 Å². The number of hydrogen-bond donors (Lipinski definition) is 2. The minimum Gasteiger partial charge on any atom is -0.495 e. The van der Waals surface area contributed by atoms with Gasteiger partial charge in [0.25, 0.3) is 15.9 Å². The van der Waals surface area contributed by atoms with E-state index in [9.17, 15) is 13.2 Å². The average molecular weight is 435 g/mol. The first-order valence-corrected chi connectivity index (χ1v) is 11.6. The first kappa shape index (κ1) is 19.6. The lowest BCUT2D eigenvalue weighted by Gasteiger charge is -2.13. The number of methoxy groups -OCH3 is 1. The average Bonchev–Trinajstić information content (AvgIpc) is 3.29. The Hall–Kier alpha value is -3.32. The minimum absolute atomic E-state index is 0.0207. The third kappa shape index (κ3) is 3.55. The van der Waals surface area contributed by atoms with Gasteiger partial charge in [0.15, 0.2) is 0 Å². The number of benzene rings is 3. The topological polar surface area (TPSA) is 84.5 Å². The highest BCUT2D eigenvalue weighted by Crippen LogP contribution is 2.56. The Morgan fingerprint density at radius 2 is 1.77 bits per heavy atom. The number of rotatable bonds is 6. The van der Waals surface area contributed by atoms with Crippen molar-refractivity contribution in [3.8, 4) is 5.75 Å². The maximum Gasteiger partial charge on any atom is 0.262 e. The highest BCUT2D eigenvalue weighted by atomic mass is 32.2. The molecule has 1 amide bonds. The number of carbonyl (C=O) groups excluding carboxylic acids is 1. The van der Waals surface area contributed by atoms with E-state index >= 15 is 0 Å². The van der Waals surface area contributed by atoms with Crippen LogP contribution in [0.25, 0.3) is 0 Å². The van der Waals surface area contributed by atoms with E-state index in [1.54, 1.807) is 36.4 Å². The molecule has 2 aliphatic carbocycles. The van der Waals surface area contributed by atoms with Gasteiger partial charge in [-0.1, -0.05) is 42.5 Å². The fourth-order valence-electron chi connectivity index (χ4n) is 4.52. The molecule has 158 valence electrons. The van der Waals surface area contributed by atoms with Gasteiger partial charge in [0, 0.05) is 17.5 Å². The number of hydrogen-bond acceptors (Lipinski definition) is 4. The summed E-state index contributed by atoms with van der Waals surface area (Å²) in [6.07, 6.45) is 0.975. The van der Waals surface area contributed by atoms with Crippen molar-refractivity contribution in [2.75, 3.05) is 11.8 Å². The normalized spacial score (nSPS) is 21.0. The van der Waals surface area contributed by atoms with Crippen molar-refractivity contribution in [1.82, 2.24) is 5.32 Å². The van der Waals surface area contributed by atoms with Crippen LogP contribution < -0.4 is 14.8 Å². The molecule has 3 aromatic carbocycles. The summed E-state index contributed by atoms with van der Waals surface area (Å²) in [6, 6.07) is 21.3. The minimum atomic E-state index is -3.88. The lowest BCUT2D eigenvalue weighted by molar-refractivity contribution is 0.0948. The number of carbonyl (C=O) groups is 1. The summed E-state index contributed by atoms with van der Waals surface area (Å²) in [5.74, 6) is 0.950. The Labute approximate surface area is 181 Å². The van der Waals surface area contributed by atoms with Gasteiger partial charge in [0.1, 0.15) is 5.75 Å². The summed E-state index contributed by atoms with van der Waals surface area (Å²) in [5, 5.41) is 3.09. The predicted molar refractivity (Wildman–Crippen MR) is 118 cm³/mol. The summed E-state index contributed by atoms with van der Waals surface area (Å²) >= 11 is 0. The molecule has 2 N–H and O–H groups in total. The molecule has 3 atom stereocenters. The highest BCUT2D eigenvalue weighted by Gasteiger charge is 2.56. The molecule has 3 aromatic rings. The van der Waals surface area contributed by atoms with Crippen LogP contribution in [0.4, 0.5) is 5.69 Å². The molecular weight excluding hydrogens is 412 g/mol. The van der Waals surface area contributed by atoms with Crippen LogP contribution in [-0.2, 0) is 16.4 Å². The zero-order chi connectivity index (χ0) is 21.6. The number of para-hydroxylation sites is 2. The summed E-state index contributed by atoms with van der Waals surface area (Å²) in [6.45, 7) is 0. The number of amides is 1. The van der Waals surface area contributed by atoms with E-state index in [4.69, 9.17) is 4.74 Å². The maximum atomic E-state index is 12.9. The van der Waals surface area contributed by atoms with Crippen LogP contribution in [-0.4, -0.2) is 27.5 Å². The number of ether oxygens (including phenoxy) is 1. The largest absolute Gasteiger partial charge is 0.495 e. The molecular formula is C24H22N2O4S. The van der Waals surface area contributed by atoms with E-state index in [2.05, 4.69) is 22.2 Å². The Bertz CT molecular complexity index is 1270.